The third-order valence-corrected chi connectivity index (χ3v) is 14.7. The van der Waals surface area contributed by atoms with Crippen LogP contribution in [0.25, 0.3) is 113 Å². The zero-order valence-corrected chi connectivity index (χ0v) is 36.5. The van der Waals surface area contributed by atoms with Crippen LogP contribution in [-0.4, -0.2) is 4.57 Å². The van der Waals surface area contributed by atoms with E-state index in [1.807, 2.05) is 17.4 Å². The average Bonchev–Trinajstić information content (AvgIpc) is 4.06. The summed E-state index contributed by atoms with van der Waals surface area (Å²) in [5.41, 5.74) is 13.4. The number of para-hydroxylation sites is 4. The molecular weight excluding hydrogens is 821 g/mol. The van der Waals surface area contributed by atoms with E-state index in [1.54, 1.807) is 0 Å². The molecule has 0 amide bonds. The first-order valence-corrected chi connectivity index (χ1v) is 23.3. The van der Waals surface area contributed by atoms with E-state index in [1.165, 1.54) is 85.9 Å². The van der Waals surface area contributed by atoms with Crippen LogP contribution in [0.4, 0.5) is 17.1 Å². The fourth-order valence-electron chi connectivity index (χ4n) is 10.5. The normalized spacial score (nSPS) is 11.9. The Labute approximate surface area is 384 Å². The van der Waals surface area contributed by atoms with Crippen molar-refractivity contribution in [2.24, 2.45) is 0 Å². The van der Waals surface area contributed by atoms with Gasteiger partial charge in [-0.3, -0.25) is 0 Å². The molecule has 0 aliphatic rings. The Balaban J connectivity index is 1.06. The van der Waals surface area contributed by atoms with Crippen LogP contribution in [0.2, 0.25) is 0 Å². The Bertz CT molecular complexity index is 4240. The topological polar surface area (TPSA) is 21.3 Å². The van der Waals surface area contributed by atoms with E-state index in [2.05, 4.69) is 234 Å². The van der Waals surface area contributed by atoms with E-state index in [9.17, 15) is 0 Å². The van der Waals surface area contributed by atoms with Gasteiger partial charge in [-0.15, -0.1) is 11.3 Å². The van der Waals surface area contributed by atoms with E-state index in [0.717, 1.165) is 44.6 Å². The molecule has 0 N–H and O–H groups in total. The van der Waals surface area contributed by atoms with Gasteiger partial charge in [-0.2, -0.15) is 0 Å². The maximum absolute atomic E-state index is 6.66. The zero-order chi connectivity index (χ0) is 43.3. The highest BCUT2D eigenvalue weighted by Crippen LogP contribution is 2.52. The summed E-state index contributed by atoms with van der Waals surface area (Å²) < 4.78 is 11.5. The van der Waals surface area contributed by atoms with Crippen LogP contribution < -0.4 is 4.90 Å². The third-order valence-electron chi connectivity index (χ3n) is 13.5. The second kappa shape index (κ2) is 14.5. The minimum absolute atomic E-state index is 0.906. The molecule has 66 heavy (non-hydrogen) atoms. The molecule has 3 nitrogen and oxygen atoms in total. The standard InChI is InChI=1S/C62H38N2OS/c1-3-15-39(16-4-1)40-29-30-42-36-45(32-31-41(42)35-40)63(46-33-34-56-54(38-46)48-21-9-11-27-55(48)64(56)44-18-5-2-6-19-44)60-47-20-8-7-17-43(47)37-58-59(60)53-26-14-25-52(62(53)66-58)51-24-13-23-50-49-22-10-12-28-57(49)65-61(50)51/h1-38H. The average molecular weight is 859 g/mol. The maximum Gasteiger partial charge on any atom is 0.143 e. The van der Waals surface area contributed by atoms with Gasteiger partial charge < -0.3 is 13.9 Å². The molecule has 11 aromatic carbocycles. The minimum atomic E-state index is 0.906. The van der Waals surface area contributed by atoms with Crippen LogP contribution in [0.1, 0.15) is 0 Å². The van der Waals surface area contributed by atoms with Crippen LogP contribution in [0.3, 0.4) is 0 Å². The molecule has 0 spiro atoms. The summed E-state index contributed by atoms with van der Waals surface area (Å²) >= 11 is 1.87. The summed E-state index contributed by atoms with van der Waals surface area (Å²) in [5.74, 6) is 0. The largest absolute Gasteiger partial charge is 0.455 e. The van der Waals surface area contributed by atoms with Crippen molar-refractivity contribution in [1.82, 2.24) is 4.57 Å². The summed E-state index contributed by atoms with van der Waals surface area (Å²) in [4.78, 5) is 2.53. The maximum atomic E-state index is 6.66. The number of nitrogens with zero attached hydrogens (tertiary/aromatic N) is 2. The van der Waals surface area contributed by atoms with Crippen LogP contribution >= 0.6 is 11.3 Å². The molecule has 0 aliphatic carbocycles. The van der Waals surface area contributed by atoms with Crippen molar-refractivity contribution in [2.45, 2.75) is 0 Å². The summed E-state index contributed by atoms with van der Waals surface area (Å²) in [7, 11) is 0. The molecule has 0 aliphatic heterocycles. The Hall–Kier alpha value is -8.44. The van der Waals surface area contributed by atoms with Crippen LogP contribution in [0.15, 0.2) is 235 Å². The molecule has 14 aromatic rings. The lowest BCUT2D eigenvalue weighted by atomic mass is 9.97. The number of benzene rings is 11. The first kappa shape index (κ1) is 37.0. The molecule has 4 heteroatoms. The van der Waals surface area contributed by atoms with E-state index < -0.39 is 0 Å². The summed E-state index contributed by atoms with van der Waals surface area (Å²) in [6.07, 6.45) is 0. The Morgan fingerprint density at radius 1 is 0.394 bits per heavy atom. The van der Waals surface area contributed by atoms with Gasteiger partial charge >= 0.3 is 0 Å². The van der Waals surface area contributed by atoms with Crippen molar-refractivity contribution in [3.05, 3.63) is 231 Å². The number of aromatic nitrogens is 1. The number of thiophene rings is 1. The second-order valence-corrected chi connectivity index (χ2v) is 18.3. The molecule has 0 atom stereocenters. The molecule has 0 bridgehead atoms. The zero-order valence-electron chi connectivity index (χ0n) is 35.7. The van der Waals surface area contributed by atoms with Crippen molar-refractivity contribution >= 4 is 114 Å². The molecule has 3 aromatic heterocycles. The fraction of sp³-hybridized carbons (Fsp3) is 0. The van der Waals surface area contributed by atoms with Crippen molar-refractivity contribution in [2.75, 3.05) is 4.90 Å². The number of rotatable bonds is 6. The third kappa shape index (κ3) is 5.62. The highest BCUT2D eigenvalue weighted by Gasteiger charge is 2.25. The molecule has 3 heterocycles. The van der Waals surface area contributed by atoms with E-state index >= 15 is 0 Å². The monoisotopic (exact) mass is 858 g/mol. The molecule has 308 valence electrons. The number of fused-ring (bicyclic) bond motifs is 11. The van der Waals surface area contributed by atoms with Crippen molar-refractivity contribution in [3.63, 3.8) is 0 Å². The van der Waals surface area contributed by atoms with Gasteiger partial charge in [0.25, 0.3) is 0 Å². The first-order chi connectivity index (χ1) is 32.7. The summed E-state index contributed by atoms with van der Waals surface area (Å²) in [5, 5.41) is 11.9. The van der Waals surface area contributed by atoms with Gasteiger partial charge in [0.1, 0.15) is 11.2 Å². The highest BCUT2D eigenvalue weighted by atomic mass is 32.1. The molecule has 0 fully saturated rings. The lowest BCUT2D eigenvalue weighted by Gasteiger charge is -2.28. The van der Waals surface area contributed by atoms with E-state index in [4.69, 9.17) is 4.42 Å². The minimum Gasteiger partial charge on any atom is -0.455 e. The lowest BCUT2D eigenvalue weighted by Crippen LogP contribution is -2.11. The van der Waals surface area contributed by atoms with Crippen LogP contribution in [-0.2, 0) is 0 Å². The van der Waals surface area contributed by atoms with Gasteiger partial charge in [0, 0.05) is 75.3 Å². The molecular formula is C62H38N2OS. The SMILES string of the molecule is c1ccc(-c2ccc3cc(N(c4ccc5c(c4)c4ccccc4n5-c4ccccc4)c4c5ccccc5cc5sc6c(-c7cccc8c7oc7ccccc78)cccc6c45)ccc3c2)cc1. The molecule has 0 saturated carbocycles. The van der Waals surface area contributed by atoms with Crippen molar-refractivity contribution in [1.29, 1.82) is 0 Å². The fourth-order valence-corrected chi connectivity index (χ4v) is 11.8. The molecule has 0 radical (unpaired) electrons. The predicted molar refractivity (Wildman–Crippen MR) is 282 cm³/mol. The summed E-state index contributed by atoms with van der Waals surface area (Å²) in [6.45, 7) is 0. The van der Waals surface area contributed by atoms with E-state index in [0.29, 0.717) is 0 Å². The first-order valence-electron chi connectivity index (χ1n) is 22.5. The number of hydrogen-bond donors (Lipinski definition) is 0. The van der Waals surface area contributed by atoms with Crippen LogP contribution in [0.5, 0.6) is 0 Å². The smallest absolute Gasteiger partial charge is 0.143 e. The predicted octanol–water partition coefficient (Wildman–Crippen LogP) is 18.2. The Morgan fingerprint density at radius 3 is 1.92 bits per heavy atom. The number of anilines is 3. The lowest BCUT2D eigenvalue weighted by molar-refractivity contribution is 0.670. The summed E-state index contributed by atoms with van der Waals surface area (Å²) in [6, 6.07) is 84.1. The van der Waals surface area contributed by atoms with Gasteiger partial charge in [0.05, 0.1) is 16.7 Å². The highest BCUT2D eigenvalue weighted by molar-refractivity contribution is 7.26. The van der Waals surface area contributed by atoms with E-state index in [-0.39, 0.29) is 0 Å². The van der Waals surface area contributed by atoms with Gasteiger partial charge in [0.2, 0.25) is 0 Å². The molecule has 0 unspecified atom stereocenters. The van der Waals surface area contributed by atoms with Gasteiger partial charge in [0.15, 0.2) is 0 Å². The molecule has 0 saturated heterocycles. The van der Waals surface area contributed by atoms with Crippen molar-refractivity contribution < 1.29 is 4.42 Å². The molecule has 14 rings (SSSR count). The van der Waals surface area contributed by atoms with Gasteiger partial charge in [-0.05, 0) is 94.0 Å². The van der Waals surface area contributed by atoms with Crippen molar-refractivity contribution in [3.8, 4) is 27.9 Å². The number of hydrogen-bond acceptors (Lipinski definition) is 3. The number of furan rings is 1. The van der Waals surface area contributed by atoms with Gasteiger partial charge in [-0.1, -0.05) is 164 Å². The Kier molecular flexibility index (Phi) is 8.15. The Morgan fingerprint density at radius 2 is 1.05 bits per heavy atom. The van der Waals surface area contributed by atoms with Gasteiger partial charge in [-0.25, -0.2) is 0 Å². The second-order valence-electron chi connectivity index (χ2n) is 17.2. The van der Waals surface area contributed by atoms with Crippen LogP contribution in [0, 0.1) is 0 Å². The quantitative estimate of drug-likeness (QED) is 0.166.